The molecule has 0 saturated heterocycles. The standard InChI is InChI=1S/C130H116N8O4S6/c1-5-9-13-21-29-81-37-51-97(52-38-81)129(98-53-39-82(40-54-98)30-22-14-10-6-2)109-71-113(123-111(141-59-27-19-17-25-33-85-35-45-87-47-49-89(87)61-85)69-101(143-123)67-107-115(95(77-135)78-136)103-63-91(73-131)93(75-133)65-105(103)119(107)139)145-121(109)125-117(129)127-128(147-125)118-126(148-127)122-110(130(118,99-55-41-83(42-56-99)31-23-15-11-7-3)100-57-43-84(44-58-100)32-24-16-12-8-4)72-114(146-122)124-112(142-60-28-20-18-26-34-86-36-46-88-48-50-90(88)62-86)70-102(144-124)68-108-116(96(79-137)80-138)104-64-92(74-132)94(76-134)66-106(104)120(108)140/h35-46,51-58,61-72H,5-34,47-50,59-60H2,1-4H3/b107-67-,108-68-. The van der Waals surface area contributed by atoms with Gasteiger partial charge >= 0.3 is 0 Å². The molecule has 736 valence electrons. The van der Waals surface area contributed by atoms with Crippen LogP contribution in [0.3, 0.4) is 0 Å². The molecule has 0 radical (unpaired) electrons. The van der Waals surface area contributed by atoms with Gasteiger partial charge in [0.05, 0.1) is 85.0 Å². The molecule has 18 heteroatoms. The Morgan fingerprint density at radius 2 is 0.601 bits per heavy atom. The third kappa shape index (κ3) is 19.4. The lowest BCUT2D eigenvalue weighted by Crippen LogP contribution is -2.29. The first kappa shape index (κ1) is 101. The van der Waals surface area contributed by atoms with Crippen LogP contribution in [-0.4, -0.2) is 24.8 Å². The van der Waals surface area contributed by atoms with E-state index in [-0.39, 0.29) is 77.9 Å². The maximum Gasteiger partial charge on any atom is 0.194 e. The van der Waals surface area contributed by atoms with Crippen LogP contribution >= 0.6 is 68.0 Å². The van der Waals surface area contributed by atoms with Crippen LogP contribution in [0.25, 0.3) is 71.7 Å². The number of hydrogen-bond acceptors (Lipinski definition) is 18. The molecule has 0 amide bonds. The zero-order chi connectivity index (χ0) is 102. The zero-order valence-electron chi connectivity index (χ0n) is 84.6. The molecular formula is C130H116N8O4S6. The van der Waals surface area contributed by atoms with Crippen LogP contribution in [0.4, 0.5) is 0 Å². The molecule has 0 fully saturated rings. The third-order valence-corrected chi connectivity index (χ3v) is 38.8. The second kappa shape index (κ2) is 45.4. The number of nitrogens with zero attached hydrogens (tertiary/aromatic N) is 8. The quantitative estimate of drug-likeness (QED) is 0.0197. The van der Waals surface area contributed by atoms with E-state index in [1.807, 2.05) is 34.8 Å². The van der Waals surface area contributed by atoms with Crippen LogP contribution in [0.15, 0.2) is 204 Å². The monoisotopic (exact) mass is 2040 g/mol. The summed E-state index contributed by atoms with van der Waals surface area (Å²) in [7, 11) is 0. The van der Waals surface area contributed by atoms with Gasteiger partial charge in [-0.05, 0) is 276 Å². The number of nitriles is 8. The Hall–Kier alpha value is -14.0. The van der Waals surface area contributed by atoms with Gasteiger partial charge in [0.2, 0.25) is 0 Å². The minimum atomic E-state index is -0.936. The molecule has 0 aliphatic heterocycles. The molecule has 6 aromatic heterocycles. The Morgan fingerprint density at radius 3 is 0.899 bits per heavy atom. The van der Waals surface area contributed by atoms with Gasteiger partial charge in [-0.25, -0.2) is 0 Å². The summed E-state index contributed by atoms with van der Waals surface area (Å²) < 4.78 is 16.9. The maximum atomic E-state index is 15.2. The lowest BCUT2D eigenvalue weighted by atomic mass is 9.67. The van der Waals surface area contributed by atoms with Gasteiger partial charge in [0.15, 0.2) is 11.6 Å². The number of allylic oxidation sites excluding steroid dienone is 6. The molecule has 0 N–H and O–H groups in total. The van der Waals surface area contributed by atoms with Crippen molar-refractivity contribution in [1.82, 2.24) is 0 Å². The highest BCUT2D eigenvalue weighted by atomic mass is 32.1. The van der Waals surface area contributed by atoms with Gasteiger partial charge in [-0.15, -0.1) is 68.0 Å². The van der Waals surface area contributed by atoms with Gasteiger partial charge in [0.1, 0.15) is 71.2 Å². The largest absolute Gasteiger partial charge is 0.492 e. The van der Waals surface area contributed by atoms with Crippen LogP contribution in [0, 0.1) is 90.6 Å². The van der Waals surface area contributed by atoms with Gasteiger partial charge in [-0.1, -0.05) is 264 Å². The number of rotatable bonds is 44. The SMILES string of the molecule is CCCCCCc1ccc(C2(c3ccc(CCCCCC)cc3)c3cc(-c4sc(/C=C5\C(=O)c6cc(C#N)c(C#N)cc6C5=C(C#N)C#N)cc4OCCCCCCc4ccc5c(c4)CC5)sc3-c3sc4c5c(sc4c32)-c2sc(-c3sc(/C=C4\C(=O)c6cc(C#N)c(C#N)cc6C4=C(C#N)C#N)cc3OCCCCCCc3ccc4c(c3)CC4)cc2C5(c2ccc(CCCCCC)cc2)c2ccc(CCCCCC)cc2)cc1. The molecule has 12 nitrogen and oxygen atoms in total. The van der Waals surface area contributed by atoms with E-state index in [1.54, 1.807) is 34.8 Å². The van der Waals surface area contributed by atoms with Gasteiger partial charge in [0.25, 0.3) is 0 Å². The summed E-state index contributed by atoms with van der Waals surface area (Å²) in [4.78, 5) is 40.2. The smallest absolute Gasteiger partial charge is 0.194 e. The number of benzene rings is 8. The van der Waals surface area contributed by atoms with Gasteiger partial charge < -0.3 is 9.47 Å². The van der Waals surface area contributed by atoms with E-state index in [2.05, 4.69) is 222 Å². The number of ketones is 2. The average Bonchev–Trinajstić information content (AvgIpc) is 1.48. The number of unbranched alkanes of at least 4 members (excludes halogenated alkanes) is 18. The number of hydrogen-bond donors (Lipinski definition) is 0. The van der Waals surface area contributed by atoms with Gasteiger partial charge in [-0.3, -0.25) is 9.59 Å². The van der Waals surface area contributed by atoms with Crippen molar-refractivity contribution in [2.45, 2.75) is 257 Å². The van der Waals surface area contributed by atoms with Crippen molar-refractivity contribution in [3.8, 4) is 99.1 Å². The molecule has 14 aromatic rings. The van der Waals surface area contributed by atoms with Crippen LogP contribution in [0.1, 0.15) is 346 Å². The molecule has 0 saturated carbocycles. The van der Waals surface area contributed by atoms with Crippen LogP contribution < -0.4 is 9.47 Å². The summed E-state index contributed by atoms with van der Waals surface area (Å²) in [5.74, 6) is 0.395. The van der Waals surface area contributed by atoms with E-state index in [4.69, 9.17) is 9.47 Å². The predicted molar refractivity (Wildman–Crippen MR) is 604 cm³/mol. The summed E-state index contributed by atoms with van der Waals surface area (Å²) in [5, 5.41) is 84.5. The number of carbonyl (C=O) groups excluding carboxylic acids is 2. The fourth-order valence-electron chi connectivity index (χ4n) is 23.1. The molecule has 6 aliphatic carbocycles. The average molecular weight is 2050 g/mol. The Labute approximate surface area is 893 Å². The fourth-order valence-corrected chi connectivity index (χ4v) is 31.2. The van der Waals surface area contributed by atoms with Crippen molar-refractivity contribution < 1.29 is 19.1 Å². The molecule has 20 rings (SSSR count). The van der Waals surface area contributed by atoms with E-state index in [0.717, 1.165) is 255 Å². The predicted octanol–water partition coefficient (Wildman–Crippen LogP) is 34.0. The number of carbonyl (C=O) groups is 2. The zero-order valence-corrected chi connectivity index (χ0v) is 89.5. The Bertz CT molecular complexity index is 7430. The lowest BCUT2D eigenvalue weighted by molar-refractivity contribution is 0.103. The first-order valence-corrected chi connectivity index (χ1v) is 58.2. The first-order chi connectivity index (χ1) is 72.6. The molecule has 8 aromatic carbocycles. The number of Topliss-reactive ketones (excluding diaryl/α,β-unsaturated/α-hetero) is 2. The molecule has 0 unspecified atom stereocenters. The molecule has 148 heavy (non-hydrogen) atoms. The van der Waals surface area contributed by atoms with Crippen molar-refractivity contribution in [3.05, 3.63) is 359 Å². The van der Waals surface area contributed by atoms with E-state index in [0.29, 0.717) is 34.5 Å². The summed E-state index contributed by atoms with van der Waals surface area (Å²) in [6.45, 7) is 9.92. The molecule has 0 bridgehead atoms. The highest BCUT2D eigenvalue weighted by molar-refractivity contribution is 7.35. The van der Waals surface area contributed by atoms with Gasteiger partial charge in [0, 0.05) is 64.1 Å². The maximum absolute atomic E-state index is 15.2. The van der Waals surface area contributed by atoms with Crippen LogP contribution in [-0.2, 0) is 75.0 Å². The minimum Gasteiger partial charge on any atom is -0.492 e. The first-order valence-electron chi connectivity index (χ1n) is 53.3. The summed E-state index contributed by atoms with van der Waals surface area (Å²) in [6.07, 6.45) is 39.9. The topological polar surface area (TPSA) is 243 Å². The Balaban J connectivity index is 0.796. The van der Waals surface area contributed by atoms with E-state index in [1.165, 1.54) is 159 Å². The van der Waals surface area contributed by atoms with Crippen LogP contribution in [0.5, 0.6) is 11.5 Å². The highest BCUT2D eigenvalue weighted by Gasteiger charge is 2.56. The Kier molecular flexibility index (Phi) is 31.1. The van der Waals surface area contributed by atoms with Crippen molar-refractivity contribution >= 4 is 112 Å². The lowest BCUT2D eigenvalue weighted by Gasteiger charge is -2.34. The molecular weight excluding hydrogens is 1930 g/mol. The number of ether oxygens (including phenoxy) is 2. The number of fused-ring (bicyclic) bond motifs is 13. The molecule has 6 aliphatic rings. The summed E-state index contributed by atoms with van der Waals surface area (Å²) in [5.41, 5.74) is 22.3. The number of aryl methyl sites for hydroxylation is 10. The van der Waals surface area contributed by atoms with Crippen LogP contribution in [0.2, 0.25) is 0 Å². The highest BCUT2D eigenvalue weighted by Crippen LogP contribution is 2.72. The number of thiophene rings is 6. The van der Waals surface area contributed by atoms with E-state index in [9.17, 15) is 42.1 Å². The van der Waals surface area contributed by atoms with Crippen molar-refractivity contribution in [2.75, 3.05) is 13.2 Å². The second-order valence-corrected chi connectivity index (χ2v) is 46.8. The summed E-state index contributed by atoms with van der Waals surface area (Å²) in [6, 6.07) is 84.0. The minimum absolute atomic E-state index is 0.0264. The molecule has 6 heterocycles. The van der Waals surface area contributed by atoms with E-state index < -0.39 is 22.4 Å². The fraction of sp³-hybridized carbons (Fsp3) is 0.323. The molecule has 0 atom stereocenters. The van der Waals surface area contributed by atoms with Crippen molar-refractivity contribution in [2.24, 2.45) is 0 Å². The van der Waals surface area contributed by atoms with Crippen molar-refractivity contribution in [1.29, 1.82) is 42.1 Å². The second-order valence-electron chi connectivity index (χ2n) is 40.5. The van der Waals surface area contributed by atoms with Gasteiger partial charge in [-0.2, -0.15) is 42.1 Å². The Morgan fingerprint density at radius 1 is 0.304 bits per heavy atom. The molecule has 0 spiro atoms. The third-order valence-electron chi connectivity index (χ3n) is 31.1. The van der Waals surface area contributed by atoms with E-state index >= 15 is 9.59 Å². The normalized spacial score (nSPS) is 14.2. The summed E-state index contributed by atoms with van der Waals surface area (Å²) >= 11 is 10.4. The van der Waals surface area contributed by atoms with Crippen molar-refractivity contribution in [3.63, 3.8) is 0 Å².